The molecule has 1 rings (SSSR count). The van der Waals surface area contributed by atoms with Gasteiger partial charge in [-0.05, 0) is 54.1 Å². The van der Waals surface area contributed by atoms with Gasteiger partial charge in [0.25, 0.3) is 0 Å². The molecule has 20 heavy (non-hydrogen) atoms. The molecule has 0 aliphatic heterocycles. The zero-order valence-corrected chi connectivity index (χ0v) is 14.1. The van der Waals surface area contributed by atoms with Crippen molar-refractivity contribution in [2.24, 2.45) is 0 Å². The first-order valence-electron chi connectivity index (χ1n) is 6.09. The smallest absolute Gasteiger partial charge is 0.323 e. The highest BCUT2D eigenvalue weighted by Crippen LogP contribution is 2.24. The van der Waals surface area contributed by atoms with Crippen LogP contribution in [-0.2, 0) is 4.79 Å². The maximum Gasteiger partial charge on any atom is 0.323 e. The number of hydrogen-bond acceptors (Lipinski definition) is 2. The summed E-state index contributed by atoms with van der Waals surface area (Å²) < 4.78 is 0.954. The minimum Gasteiger partial charge on any atom is -0.480 e. The van der Waals surface area contributed by atoms with Crippen LogP contribution in [0.2, 0.25) is 5.02 Å². The predicted molar refractivity (Wildman–Crippen MR) is 87.3 cm³/mol. The zero-order chi connectivity index (χ0) is 15.3. The Morgan fingerprint density at radius 3 is 2.65 bits per heavy atom. The van der Waals surface area contributed by atoms with E-state index in [1.165, 1.54) is 4.90 Å². The highest BCUT2D eigenvalue weighted by atomic mass is 127. The summed E-state index contributed by atoms with van der Waals surface area (Å²) in [5.41, 5.74) is 0.468. The number of anilines is 1. The van der Waals surface area contributed by atoms with Crippen molar-refractivity contribution in [3.8, 4) is 0 Å². The molecule has 0 heterocycles. The van der Waals surface area contributed by atoms with E-state index in [0.29, 0.717) is 17.1 Å². The van der Waals surface area contributed by atoms with Gasteiger partial charge in [-0.1, -0.05) is 18.5 Å². The second-order valence-corrected chi connectivity index (χ2v) is 5.99. The Morgan fingerprint density at radius 2 is 2.15 bits per heavy atom. The molecular weight excluding hydrogens is 395 g/mol. The molecule has 2 N–H and O–H groups in total. The number of benzene rings is 1. The van der Waals surface area contributed by atoms with E-state index in [4.69, 9.17) is 16.7 Å². The second kappa shape index (κ2) is 7.68. The van der Waals surface area contributed by atoms with Gasteiger partial charge in [0.1, 0.15) is 6.54 Å². The lowest BCUT2D eigenvalue weighted by atomic mass is 10.2. The fourth-order valence-electron chi connectivity index (χ4n) is 1.57. The van der Waals surface area contributed by atoms with Crippen LogP contribution in [0.5, 0.6) is 0 Å². The van der Waals surface area contributed by atoms with Crippen LogP contribution in [0.25, 0.3) is 0 Å². The molecule has 1 aromatic rings. The molecular formula is C13H16ClIN2O3. The molecule has 5 nitrogen and oxygen atoms in total. The minimum absolute atomic E-state index is 0.172. The normalized spacial score (nSPS) is 11.8. The van der Waals surface area contributed by atoms with Gasteiger partial charge in [0.15, 0.2) is 0 Å². The van der Waals surface area contributed by atoms with Crippen LogP contribution < -0.4 is 5.32 Å². The average Bonchev–Trinajstić information content (AvgIpc) is 2.38. The topological polar surface area (TPSA) is 69.6 Å². The summed E-state index contributed by atoms with van der Waals surface area (Å²) >= 11 is 8.16. The van der Waals surface area contributed by atoms with Gasteiger partial charge >= 0.3 is 12.0 Å². The van der Waals surface area contributed by atoms with Crippen LogP contribution in [0, 0.1) is 3.57 Å². The van der Waals surface area contributed by atoms with Crippen molar-refractivity contribution in [3.05, 3.63) is 26.8 Å². The molecule has 1 atom stereocenters. The molecule has 0 saturated carbocycles. The number of carboxylic acids is 1. The Morgan fingerprint density at radius 1 is 1.50 bits per heavy atom. The van der Waals surface area contributed by atoms with Crippen LogP contribution >= 0.6 is 34.2 Å². The summed E-state index contributed by atoms with van der Waals surface area (Å²) in [5.74, 6) is -1.05. The summed E-state index contributed by atoms with van der Waals surface area (Å²) in [7, 11) is 0. The monoisotopic (exact) mass is 410 g/mol. The van der Waals surface area contributed by atoms with Gasteiger partial charge in [-0.15, -0.1) is 0 Å². The average molecular weight is 411 g/mol. The van der Waals surface area contributed by atoms with Crippen molar-refractivity contribution in [2.45, 2.75) is 26.3 Å². The minimum atomic E-state index is -1.05. The molecule has 0 fully saturated rings. The Bertz CT molecular complexity index is 510. The Kier molecular flexibility index (Phi) is 6.54. The summed E-state index contributed by atoms with van der Waals surface area (Å²) in [6, 6.07) is 4.59. The fourth-order valence-corrected chi connectivity index (χ4v) is 2.47. The number of carbonyl (C=O) groups excluding carboxylic acids is 1. The van der Waals surface area contributed by atoms with E-state index < -0.39 is 12.0 Å². The third-order valence-corrected chi connectivity index (χ3v) is 3.85. The first-order chi connectivity index (χ1) is 9.35. The number of nitrogens with one attached hydrogen (secondary N) is 1. The maximum atomic E-state index is 12.2. The molecule has 0 spiro atoms. The number of rotatable bonds is 5. The molecule has 0 aliphatic rings. The molecule has 2 amide bonds. The van der Waals surface area contributed by atoms with Crippen LogP contribution in [0.15, 0.2) is 18.2 Å². The van der Waals surface area contributed by atoms with Gasteiger partial charge in [0, 0.05) is 9.61 Å². The molecule has 110 valence electrons. The standard InChI is InChI=1S/C13H16ClIN2O3/c1-3-8(2)17(7-12(18)19)13(20)16-11-5-4-9(15)6-10(11)14/h4-6,8H,3,7H2,1-2H3,(H,16,20)(H,18,19). The third-order valence-electron chi connectivity index (χ3n) is 2.86. The molecule has 1 aromatic carbocycles. The molecule has 0 aromatic heterocycles. The Labute approximate surface area is 136 Å². The summed E-state index contributed by atoms with van der Waals surface area (Å²) in [4.78, 5) is 24.3. The van der Waals surface area contributed by atoms with E-state index in [0.717, 1.165) is 3.57 Å². The van der Waals surface area contributed by atoms with E-state index in [9.17, 15) is 9.59 Å². The molecule has 0 radical (unpaired) electrons. The van der Waals surface area contributed by atoms with E-state index >= 15 is 0 Å². The van der Waals surface area contributed by atoms with Gasteiger partial charge in [-0.3, -0.25) is 4.79 Å². The largest absolute Gasteiger partial charge is 0.480 e. The first kappa shape index (κ1) is 17.0. The number of carbonyl (C=O) groups is 2. The number of halogens is 2. The van der Waals surface area contributed by atoms with Gasteiger partial charge < -0.3 is 15.3 Å². The third kappa shape index (κ3) is 4.82. The summed E-state index contributed by atoms with van der Waals surface area (Å²) in [6.07, 6.45) is 0.668. The first-order valence-corrected chi connectivity index (χ1v) is 7.55. The van der Waals surface area contributed by atoms with E-state index in [-0.39, 0.29) is 12.6 Å². The summed E-state index contributed by atoms with van der Waals surface area (Å²) in [5, 5.41) is 12.0. The Hall–Kier alpha value is -1.02. The number of aliphatic carboxylic acids is 1. The van der Waals surface area contributed by atoms with Crippen LogP contribution in [0.1, 0.15) is 20.3 Å². The second-order valence-electron chi connectivity index (χ2n) is 4.33. The number of urea groups is 1. The SMILES string of the molecule is CCC(C)N(CC(=O)O)C(=O)Nc1ccc(I)cc1Cl. The van der Waals surface area contributed by atoms with Gasteiger partial charge in [0.2, 0.25) is 0 Å². The van der Waals surface area contributed by atoms with Crippen molar-refractivity contribution < 1.29 is 14.7 Å². The molecule has 7 heteroatoms. The van der Waals surface area contributed by atoms with Crippen LogP contribution in [-0.4, -0.2) is 34.6 Å². The molecule has 0 aliphatic carbocycles. The van der Waals surface area contributed by atoms with Crippen LogP contribution in [0.4, 0.5) is 10.5 Å². The molecule has 1 unspecified atom stereocenters. The zero-order valence-electron chi connectivity index (χ0n) is 11.2. The fraction of sp³-hybridized carbons (Fsp3) is 0.385. The van der Waals surface area contributed by atoms with Crippen LogP contribution in [0.3, 0.4) is 0 Å². The van der Waals surface area contributed by atoms with Gasteiger partial charge in [-0.25, -0.2) is 4.79 Å². The quantitative estimate of drug-likeness (QED) is 0.728. The highest BCUT2D eigenvalue weighted by molar-refractivity contribution is 14.1. The number of hydrogen-bond donors (Lipinski definition) is 2. The summed E-state index contributed by atoms with van der Waals surface area (Å²) in [6.45, 7) is 3.35. The lowest BCUT2D eigenvalue weighted by Gasteiger charge is -2.27. The van der Waals surface area contributed by atoms with E-state index in [2.05, 4.69) is 27.9 Å². The van der Waals surface area contributed by atoms with Gasteiger partial charge in [0.05, 0.1) is 10.7 Å². The van der Waals surface area contributed by atoms with Crippen molar-refractivity contribution >= 4 is 51.9 Å². The lowest BCUT2D eigenvalue weighted by molar-refractivity contribution is -0.138. The van der Waals surface area contributed by atoms with E-state index in [1.807, 2.05) is 13.0 Å². The highest BCUT2D eigenvalue weighted by Gasteiger charge is 2.22. The van der Waals surface area contributed by atoms with Gasteiger partial charge in [-0.2, -0.15) is 0 Å². The number of carboxylic acid groups (broad SMARTS) is 1. The predicted octanol–water partition coefficient (Wildman–Crippen LogP) is 3.66. The molecule has 0 bridgehead atoms. The molecule has 0 saturated heterocycles. The van der Waals surface area contributed by atoms with E-state index in [1.54, 1.807) is 19.1 Å². The van der Waals surface area contributed by atoms with Crippen molar-refractivity contribution in [2.75, 3.05) is 11.9 Å². The van der Waals surface area contributed by atoms with Crippen molar-refractivity contribution in [1.29, 1.82) is 0 Å². The van der Waals surface area contributed by atoms with Crippen molar-refractivity contribution in [3.63, 3.8) is 0 Å². The van der Waals surface area contributed by atoms with Crippen molar-refractivity contribution in [1.82, 2.24) is 4.90 Å². The Balaban J connectivity index is 2.87. The lowest BCUT2D eigenvalue weighted by Crippen LogP contribution is -2.44. The number of nitrogens with zero attached hydrogens (tertiary/aromatic N) is 1. The number of amides is 2. The maximum absolute atomic E-state index is 12.2.